The minimum Gasteiger partial charge on any atom is -0.376 e. The van der Waals surface area contributed by atoms with E-state index in [0.29, 0.717) is 12.7 Å². The van der Waals surface area contributed by atoms with Gasteiger partial charge in [0.25, 0.3) is 0 Å². The smallest absolute Gasteiger partial charge is 0.317 e. The molecule has 2 rings (SSSR count). The summed E-state index contributed by atoms with van der Waals surface area (Å²) in [5.41, 5.74) is 0. The third-order valence-electron chi connectivity index (χ3n) is 2.96. The van der Waals surface area contributed by atoms with Crippen molar-refractivity contribution in [3.63, 3.8) is 0 Å². The van der Waals surface area contributed by atoms with Crippen LogP contribution >= 0.6 is 0 Å². The number of carbonyl (C=O) groups is 1. The van der Waals surface area contributed by atoms with Crippen molar-refractivity contribution in [2.75, 3.05) is 26.2 Å². The fourth-order valence-electron chi connectivity index (χ4n) is 2.11. The highest BCUT2D eigenvalue weighted by molar-refractivity contribution is 5.76. The second-order valence-corrected chi connectivity index (χ2v) is 4.00. The maximum Gasteiger partial charge on any atom is 0.317 e. The minimum atomic E-state index is 0.0556. The molecular formula is C10H18N2O2. The maximum atomic E-state index is 11.2. The normalized spacial score (nSPS) is 23.1. The summed E-state index contributed by atoms with van der Waals surface area (Å²) in [4.78, 5) is 13.0. The first-order chi connectivity index (χ1) is 6.86. The molecule has 0 aromatic carbocycles. The van der Waals surface area contributed by atoms with E-state index < -0.39 is 0 Å². The van der Waals surface area contributed by atoms with Crippen molar-refractivity contribution in [3.05, 3.63) is 0 Å². The first-order valence-corrected chi connectivity index (χ1v) is 5.50. The highest BCUT2D eigenvalue weighted by Gasteiger charge is 2.20. The molecule has 0 aromatic heterocycles. The quantitative estimate of drug-likeness (QED) is 0.731. The molecule has 0 spiro atoms. The van der Waals surface area contributed by atoms with Crippen LogP contribution in [0.4, 0.5) is 4.79 Å². The number of nitrogens with one attached hydrogen (secondary N) is 1. The van der Waals surface area contributed by atoms with Crippen LogP contribution in [0.5, 0.6) is 0 Å². The van der Waals surface area contributed by atoms with E-state index in [0.717, 1.165) is 19.6 Å². The van der Waals surface area contributed by atoms with Gasteiger partial charge in [-0.3, -0.25) is 0 Å². The highest BCUT2D eigenvalue weighted by Crippen LogP contribution is 2.20. The predicted octanol–water partition coefficient (Wildman–Crippen LogP) is 0.971. The maximum absolute atomic E-state index is 11.2. The number of hydrogen-bond donors (Lipinski definition) is 1. The average molecular weight is 198 g/mol. The fourth-order valence-corrected chi connectivity index (χ4v) is 2.11. The molecule has 2 fully saturated rings. The molecule has 1 saturated heterocycles. The third-order valence-corrected chi connectivity index (χ3v) is 2.96. The Morgan fingerprint density at radius 3 is 2.86 bits per heavy atom. The first kappa shape index (κ1) is 9.77. The van der Waals surface area contributed by atoms with E-state index in [9.17, 15) is 4.79 Å². The standard InChI is InChI=1S/C10H18N2O2/c13-10-11-5-6-12(10)7-8-14-9-3-1-2-4-9/h9H,1-8H2,(H,11,13). The Morgan fingerprint density at radius 1 is 1.43 bits per heavy atom. The van der Waals surface area contributed by atoms with Crippen LogP contribution in [0.2, 0.25) is 0 Å². The molecule has 0 atom stereocenters. The van der Waals surface area contributed by atoms with Gasteiger partial charge in [0.2, 0.25) is 0 Å². The Kier molecular flexibility index (Phi) is 3.24. The topological polar surface area (TPSA) is 41.6 Å². The summed E-state index contributed by atoms with van der Waals surface area (Å²) < 4.78 is 5.69. The second kappa shape index (κ2) is 4.64. The lowest BCUT2D eigenvalue weighted by Gasteiger charge is -2.16. The molecule has 1 N–H and O–H groups in total. The molecule has 1 aliphatic heterocycles. The summed E-state index contributed by atoms with van der Waals surface area (Å²) in [6.45, 7) is 3.04. The van der Waals surface area contributed by atoms with Gasteiger partial charge in [-0.1, -0.05) is 12.8 Å². The van der Waals surface area contributed by atoms with E-state index in [1.807, 2.05) is 4.90 Å². The molecular weight excluding hydrogens is 180 g/mol. The second-order valence-electron chi connectivity index (χ2n) is 4.00. The molecule has 1 aliphatic carbocycles. The Morgan fingerprint density at radius 2 is 2.21 bits per heavy atom. The van der Waals surface area contributed by atoms with Gasteiger partial charge in [-0.05, 0) is 12.8 Å². The Balaban J connectivity index is 1.60. The van der Waals surface area contributed by atoms with Crippen molar-refractivity contribution >= 4 is 6.03 Å². The largest absolute Gasteiger partial charge is 0.376 e. The molecule has 14 heavy (non-hydrogen) atoms. The SMILES string of the molecule is O=C1NCCN1CCOC1CCCC1. The number of ether oxygens (including phenoxy) is 1. The molecule has 0 bridgehead atoms. The lowest BCUT2D eigenvalue weighted by Crippen LogP contribution is -2.32. The zero-order valence-electron chi connectivity index (χ0n) is 8.50. The monoisotopic (exact) mass is 198 g/mol. The molecule has 2 amide bonds. The van der Waals surface area contributed by atoms with Crippen LogP contribution < -0.4 is 5.32 Å². The summed E-state index contributed by atoms with van der Waals surface area (Å²) in [5.74, 6) is 0. The van der Waals surface area contributed by atoms with E-state index in [2.05, 4.69) is 5.32 Å². The fraction of sp³-hybridized carbons (Fsp3) is 0.900. The Hall–Kier alpha value is -0.770. The molecule has 0 unspecified atom stereocenters. The van der Waals surface area contributed by atoms with Crippen molar-refractivity contribution in [1.82, 2.24) is 10.2 Å². The van der Waals surface area contributed by atoms with Crippen LogP contribution in [0, 0.1) is 0 Å². The summed E-state index contributed by atoms with van der Waals surface area (Å²) in [6.07, 6.45) is 5.46. The van der Waals surface area contributed by atoms with Gasteiger partial charge in [0.15, 0.2) is 0 Å². The van der Waals surface area contributed by atoms with Gasteiger partial charge in [0.05, 0.1) is 12.7 Å². The average Bonchev–Trinajstić information content (AvgIpc) is 2.78. The number of hydrogen-bond acceptors (Lipinski definition) is 2. The van der Waals surface area contributed by atoms with Crippen molar-refractivity contribution in [2.45, 2.75) is 31.8 Å². The number of amides is 2. The molecule has 4 heteroatoms. The van der Waals surface area contributed by atoms with Gasteiger partial charge in [0, 0.05) is 19.6 Å². The number of rotatable bonds is 4. The minimum absolute atomic E-state index is 0.0556. The van der Waals surface area contributed by atoms with E-state index >= 15 is 0 Å². The summed E-state index contributed by atoms with van der Waals surface area (Å²) in [6, 6.07) is 0.0556. The molecule has 2 aliphatic rings. The number of urea groups is 1. The van der Waals surface area contributed by atoms with Gasteiger partial charge in [-0.25, -0.2) is 4.79 Å². The van der Waals surface area contributed by atoms with Gasteiger partial charge in [0.1, 0.15) is 0 Å². The van der Waals surface area contributed by atoms with Crippen LogP contribution in [0.25, 0.3) is 0 Å². The highest BCUT2D eigenvalue weighted by atomic mass is 16.5. The number of nitrogens with zero attached hydrogens (tertiary/aromatic N) is 1. The Bertz CT molecular complexity index is 202. The first-order valence-electron chi connectivity index (χ1n) is 5.50. The molecule has 1 saturated carbocycles. The van der Waals surface area contributed by atoms with Crippen molar-refractivity contribution in [1.29, 1.82) is 0 Å². The molecule has 1 heterocycles. The molecule has 0 aromatic rings. The molecule has 80 valence electrons. The van der Waals surface area contributed by atoms with Gasteiger partial charge < -0.3 is 15.0 Å². The van der Waals surface area contributed by atoms with E-state index in [-0.39, 0.29) is 6.03 Å². The van der Waals surface area contributed by atoms with E-state index in [1.165, 1.54) is 25.7 Å². The van der Waals surface area contributed by atoms with Crippen molar-refractivity contribution in [3.8, 4) is 0 Å². The van der Waals surface area contributed by atoms with Crippen LogP contribution in [0.15, 0.2) is 0 Å². The molecule has 4 nitrogen and oxygen atoms in total. The lowest BCUT2D eigenvalue weighted by molar-refractivity contribution is 0.0494. The predicted molar refractivity (Wildman–Crippen MR) is 53.2 cm³/mol. The van der Waals surface area contributed by atoms with Crippen LogP contribution in [-0.4, -0.2) is 43.3 Å². The van der Waals surface area contributed by atoms with Gasteiger partial charge in [-0.2, -0.15) is 0 Å². The molecule has 0 radical (unpaired) electrons. The van der Waals surface area contributed by atoms with E-state index in [4.69, 9.17) is 4.74 Å². The third kappa shape index (κ3) is 2.38. The van der Waals surface area contributed by atoms with Gasteiger partial charge >= 0.3 is 6.03 Å². The van der Waals surface area contributed by atoms with Crippen molar-refractivity contribution < 1.29 is 9.53 Å². The summed E-state index contributed by atoms with van der Waals surface area (Å²) >= 11 is 0. The number of carbonyl (C=O) groups excluding carboxylic acids is 1. The zero-order valence-corrected chi connectivity index (χ0v) is 8.50. The summed E-state index contributed by atoms with van der Waals surface area (Å²) in [5, 5.41) is 2.78. The van der Waals surface area contributed by atoms with Crippen LogP contribution in [0.1, 0.15) is 25.7 Å². The summed E-state index contributed by atoms with van der Waals surface area (Å²) in [7, 11) is 0. The van der Waals surface area contributed by atoms with Gasteiger partial charge in [-0.15, -0.1) is 0 Å². The zero-order chi connectivity index (χ0) is 9.80. The lowest BCUT2D eigenvalue weighted by atomic mass is 10.3. The Labute approximate surface area is 84.6 Å². The van der Waals surface area contributed by atoms with Crippen LogP contribution in [-0.2, 0) is 4.74 Å². The van der Waals surface area contributed by atoms with Crippen molar-refractivity contribution in [2.24, 2.45) is 0 Å². The van der Waals surface area contributed by atoms with E-state index in [1.54, 1.807) is 0 Å². The van der Waals surface area contributed by atoms with Crippen LogP contribution in [0.3, 0.4) is 0 Å².